The molecule has 1 fully saturated rings. The number of hydrogen-bond donors (Lipinski definition) is 5. The monoisotopic (exact) mass is 556 g/mol. The Kier molecular flexibility index (Phi) is 7.46. The van der Waals surface area contributed by atoms with Crippen LogP contribution in [-0.2, 0) is 0 Å². The van der Waals surface area contributed by atoms with Gasteiger partial charge in [-0.25, -0.2) is 4.79 Å². The number of urea groups is 1. The van der Waals surface area contributed by atoms with Gasteiger partial charge in [0.25, 0.3) is 11.6 Å². The number of carbonyl (C=O) groups excluding carboxylic acids is 2. The number of aromatic amines is 1. The Hall–Kier alpha value is -5.52. The van der Waals surface area contributed by atoms with Gasteiger partial charge in [-0.05, 0) is 37.3 Å². The van der Waals surface area contributed by atoms with Crippen molar-refractivity contribution in [2.24, 2.45) is 0 Å². The van der Waals surface area contributed by atoms with Gasteiger partial charge in [0.05, 0.1) is 16.1 Å². The fourth-order valence-corrected chi connectivity index (χ4v) is 4.88. The van der Waals surface area contributed by atoms with Crippen LogP contribution in [0.1, 0.15) is 22.8 Å². The Bertz CT molecular complexity index is 1630. The van der Waals surface area contributed by atoms with Crippen molar-refractivity contribution >= 4 is 45.7 Å². The summed E-state index contributed by atoms with van der Waals surface area (Å²) in [4.78, 5) is 42.2. The van der Waals surface area contributed by atoms with Gasteiger partial charge in [-0.3, -0.25) is 14.9 Å². The van der Waals surface area contributed by atoms with Crippen LogP contribution < -0.4 is 10.6 Å². The number of para-hydroxylation sites is 1. The van der Waals surface area contributed by atoms with Crippen molar-refractivity contribution in [2.45, 2.75) is 13.0 Å². The third-order valence-corrected chi connectivity index (χ3v) is 6.97. The average molecular weight is 557 g/mol. The number of fused-ring (bicyclic) bond motifs is 1. The maximum atomic E-state index is 12.9. The molecule has 5 N–H and O–H groups in total. The van der Waals surface area contributed by atoms with Gasteiger partial charge >= 0.3 is 6.03 Å². The van der Waals surface area contributed by atoms with E-state index < -0.39 is 11.0 Å². The number of aliphatic hydroxyl groups excluding tert-OH is 2. The van der Waals surface area contributed by atoms with Gasteiger partial charge < -0.3 is 35.6 Å². The molecular formula is C29H28N6O6. The number of benzene rings is 3. The first-order chi connectivity index (χ1) is 19.7. The number of rotatable bonds is 6. The first-order valence-corrected chi connectivity index (χ1v) is 12.9. The fraction of sp³-hybridized carbons (Fsp3) is 0.172. The number of aromatic nitrogens is 1. The molecule has 4 aromatic rings. The highest BCUT2D eigenvalue weighted by Gasteiger charge is 2.30. The molecule has 0 spiro atoms. The minimum Gasteiger partial charge on any atom is -0.503 e. The lowest BCUT2D eigenvalue weighted by atomic mass is 10.1. The molecule has 1 aliphatic heterocycles. The van der Waals surface area contributed by atoms with Crippen molar-refractivity contribution in [1.82, 2.24) is 14.8 Å². The third kappa shape index (κ3) is 5.62. The maximum Gasteiger partial charge on any atom is 0.323 e. The zero-order chi connectivity index (χ0) is 29.1. The first kappa shape index (κ1) is 27.1. The summed E-state index contributed by atoms with van der Waals surface area (Å²) in [6.07, 6.45) is 1.54. The van der Waals surface area contributed by atoms with Crippen molar-refractivity contribution in [1.29, 1.82) is 0 Å². The summed E-state index contributed by atoms with van der Waals surface area (Å²) in [5.41, 5.74) is 2.16. The average Bonchev–Trinajstić information content (AvgIpc) is 3.42. The van der Waals surface area contributed by atoms with E-state index in [9.17, 15) is 29.9 Å². The minimum atomic E-state index is -0.568. The molecule has 0 aliphatic carbocycles. The molecule has 12 heteroatoms. The molecule has 0 radical (unpaired) electrons. The standard InChI is InChI=1S/C29H28N6O6/c1-18-17-33(27(37)19-6-3-2-4-7-19)14-15-34(18)28(38)26(36)23-16-30-25-22(23)8-5-9-24(25)32-29(39)31-20-10-12-21(13-11-20)35(40)41/h2-13,16,18,30,36,38H,14-15,17H2,1H3,(H2,31,32,39)/b28-26-/t18-/m1/s1. The molecule has 5 rings (SSSR count). The first-order valence-electron chi connectivity index (χ1n) is 12.9. The molecule has 2 heterocycles. The van der Waals surface area contributed by atoms with Crippen LogP contribution in [0.5, 0.6) is 0 Å². The van der Waals surface area contributed by atoms with E-state index in [4.69, 9.17) is 0 Å². The summed E-state index contributed by atoms with van der Waals surface area (Å²) in [6.45, 7) is 2.94. The van der Waals surface area contributed by atoms with Crippen molar-refractivity contribution in [3.05, 3.63) is 106 Å². The van der Waals surface area contributed by atoms with Crippen LogP contribution in [-0.4, -0.2) is 67.5 Å². The Morgan fingerprint density at radius 1 is 0.976 bits per heavy atom. The number of nitrogens with one attached hydrogen (secondary N) is 3. The van der Waals surface area contributed by atoms with E-state index in [-0.39, 0.29) is 29.3 Å². The number of nitro groups is 1. The Morgan fingerprint density at radius 3 is 2.39 bits per heavy atom. The van der Waals surface area contributed by atoms with Crippen LogP contribution in [0.15, 0.2) is 84.9 Å². The topological polar surface area (TPSA) is 164 Å². The van der Waals surface area contributed by atoms with Gasteiger partial charge in [0.2, 0.25) is 5.88 Å². The number of aliphatic hydroxyl groups is 2. The smallest absolute Gasteiger partial charge is 0.323 e. The Balaban J connectivity index is 1.30. The number of non-ortho nitro benzene ring substituents is 1. The zero-order valence-corrected chi connectivity index (χ0v) is 22.1. The van der Waals surface area contributed by atoms with Gasteiger partial charge in [0.15, 0.2) is 5.76 Å². The van der Waals surface area contributed by atoms with Gasteiger partial charge in [0, 0.05) is 66.2 Å². The summed E-state index contributed by atoms with van der Waals surface area (Å²) in [6, 6.07) is 18.7. The summed E-state index contributed by atoms with van der Waals surface area (Å²) in [5.74, 6) is -0.725. The lowest BCUT2D eigenvalue weighted by Gasteiger charge is -2.40. The molecule has 12 nitrogen and oxygen atoms in total. The van der Waals surface area contributed by atoms with Crippen molar-refractivity contribution < 1.29 is 24.7 Å². The highest BCUT2D eigenvalue weighted by molar-refractivity contribution is 6.07. The molecule has 0 unspecified atom stereocenters. The second kappa shape index (κ2) is 11.3. The van der Waals surface area contributed by atoms with Crippen LogP contribution in [0, 0.1) is 10.1 Å². The van der Waals surface area contributed by atoms with Crippen molar-refractivity contribution in [3.8, 4) is 0 Å². The minimum absolute atomic E-state index is 0.0842. The quantitative estimate of drug-likeness (QED) is 0.122. The summed E-state index contributed by atoms with van der Waals surface area (Å²) in [5, 5.41) is 38.8. The zero-order valence-electron chi connectivity index (χ0n) is 22.1. The summed E-state index contributed by atoms with van der Waals surface area (Å²) in [7, 11) is 0. The second-order valence-corrected chi connectivity index (χ2v) is 9.65. The molecule has 1 aliphatic rings. The van der Waals surface area contributed by atoms with E-state index in [1.807, 2.05) is 25.1 Å². The fourth-order valence-electron chi connectivity index (χ4n) is 4.88. The van der Waals surface area contributed by atoms with Crippen LogP contribution in [0.4, 0.5) is 21.9 Å². The Labute approximate surface area is 234 Å². The molecule has 1 saturated heterocycles. The van der Waals surface area contributed by atoms with Crippen LogP contribution in [0.3, 0.4) is 0 Å². The molecule has 0 saturated carbocycles. The van der Waals surface area contributed by atoms with Crippen molar-refractivity contribution in [2.75, 3.05) is 30.3 Å². The molecule has 3 amide bonds. The number of hydrogen-bond acceptors (Lipinski definition) is 7. The van der Waals surface area contributed by atoms with Gasteiger partial charge in [-0.1, -0.05) is 30.3 Å². The van der Waals surface area contributed by atoms with E-state index in [2.05, 4.69) is 15.6 Å². The predicted molar refractivity (Wildman–Crippen MR) is 155 cm³/mol. The number of nitro benzene ring substituents is 1. The summed E-state index contributed by atoms with van der Waals surface area (Å²) >= 11 is 0. The van der Waals surface area contributed by atoms with Gasteiger partial charge in [-0.2, -0.15) is 0 Å². The SMILES string of the molecule is C[C@@H]1CN(C(=O)c2ccccc2)CCN1/C(O)=C(/O)c1c[nH]c2c(NC(=O)Nc3ccc([N+](=O)[O-])cc3)cccc12. The molecule has 1 aromatic heterocycles. The Morgan fingerprint density at radius 2 is 1.71 bits per heavy atom. The van der Waals surface area contributed by atoms with E-state index in [0.717, 1.165) is 0 Å². The number of amides is 3. The summed E-state index contributed by atoms with van der Waals surface area (Å²) < 4.78 is 0. The maximum absolute atomic E-state index is 12.9. The number of H-pyrrole nitrogens is 1. The highest BCUT2D eigenvalue weighted by Crippen LogP contribution is 2.31. The van der Waals surface area contributed by atoms with Gasteiger partial charge in [-0.15, -0.1) is 0 Å². The number of carbonyl (C=O) groups is 2. The number of piperazine rings is 1. The third-order valence-electron chi connectivity index (χ3n) is 6.97. The number of anilines is 2. The normalized spacial score (nSPS) is 15.8. The van der Waals surface area contributed by atoms with E-state index >= 15 is 0 Å². The molecular weight excluding hydrogens is 528 g/mol. The van der Waals surface area contributed by atoms with Crippen molar-refractivity contribution in [3.63, 3.8) is 0 Å². The lowest BCUT2D eigenvalue weighted by molar-refractivity contribution is -0.384. The molecule has 3 aromatic carbocycles. The molecule has 1 atom stereocenters. The molecule has 41 heavy (non-hydrogen) atoms. The van der Waals surface area contributed by atoms with E-state index in [1.54, 1.807) is 40.1 Å². The predicted octanol–water partition coefficient (Wildman–Crippen LogP) is 5.31. The van der Waals surface area contributed by atoms with Gasteiger partial charge in [0.1, 0.15) is 0 Å². The number of nitrogens with zero attached hydrogens (tertiary/aromatic N) is 3. The molecule has 210 valence electrons. The van der Waals surface area contributed by atoms with Crippen LogP contribution in [0.25, 0.3) is 16.7 Å². The second-order valence-electron chi connectivity index (χ2n) is 9.65. The largest absolute Gasteiger partial charge is 0.503 e. The lowest BCUT2D eigenvalue weighted by Crippen LogP contribution is -2.53. The van der Waals surface area contributed by atoms with E-state index in [0.29, 0.717) is 53.0 Å². The van der Waals surface area contributed by atoms with E-state index in [1.165, 1.54) is 30.5 Å². The van der Waals surface area contributed by atoms with Crippen LogP contribution >= 0.6 is 0 Å². The highest BCUT2D eigenvalue weighted by atomic mass is 16.6. The molecule has 0 bridgehead atoms. The van der Waals surface area contributed by atoms with Crippen LogP contribution in [0.2, 0.25) is 0 Å².